The Labute approximate surface area is 223 Å². The van der Waals surface area contributed by atoms with Crippen LogP contribution in [0.3, 0.4) is 0 Å². The van der Waals surface area contributed by atoms with Gasteiger partial charge < -0.3 is 15.3 Å². The lowest BCUT2D eigenvalue weighted by molar-refractivity contribution is 0.0697. The number of hydrogen-bond donors (Lipinski definition) is 2. The van der Waals surface area contributed by atoms with E-state index in [0.717, 1.165) is 48.2 Å². The van der Waals surface area contributed by atoms with E-state index in [2.05, 4.69) is 60.5 Å². The molecule has 1 heterocycles. The van der Waals surface area contributed by atoms with Gasteiger partial charge in [0.25, 0.3) is 5.91 Å². The molecule has 4 aromatic carbocycles. The van der Waals surface area contributed by atoms with Crippen LogP contribution < -0.4 is 10.2 Å². The molecule has 0 radical (unpaired) electrons. The molecular weight excluding hydrogens is 472 g/mol. The first-order valence-electron chi connectivity index (χ1n) is 13.0. The lowest BCUT2D eigenvalue weighted by Gasteiger charge is -2.32. The Hall–Kier alpha value is -4.38. The van der Waals surface area contributed by atoms with Crippen molar-refractivity contribution in [1.82, 2.24) is 5.32 Å². The lowest BCUT2D eigenvalue weighted by atomic mass is 9.97. The first-order chi connectivity index (χ1) is 18.4. The summed E-state index contributed by atoms with van der Waals surface area (Å²) in [6.45, 7) is 6.37. The van der Waals surface area contributed by atoms with Crippen LogP contribution in [0.25, 0.3) is 11.1 Å². The van der Waals surface area contributed by atoms with Gasteiger partial charge in [0.2, 0.25) is 0 Å². The molecule has 38 heavy (non-hydrogen) atoms. The van der Waals surface area contributed by atoms with E-state index in [-0.39, 0.29) is 5.91 Å². The number of carbonyl (C=O) groups excluding carboxylic acids is 1. The van der Waals surface area contributed by atoms with E-state index in [1.807, 2.05) is 36.4 Å². The van der Waals surface area contributed by atoms with Crippen LogP contribution >= 0.6 is 0 Å². The van der Waals surface area contributed by atoms with Gasteiger partial charge in [0.1, 0.15) is 0 Å². The van der Waals surface area contributed by atoms with E-state index in [9.17, 15) is 14.7 Å². The summed E-state index contributed by atoms with van der Waals surface area (Å²) in [6, 6.07) is 27.5. The minimum atomic E-state index is -0.923. The molecule has 1 amide bonds. The third-order valence-electron chi connectivity index (χ3n) is 7.29. The van der Waals surface area contributed by atoms with Crippen LogP contribution in [0.5, 0.6) is 0 Å². The second-order valence-electron chi connectivity index (χ2n) is 10.0. The van der Waals surface area contributed by atoms with E-state index >= 15 is 0 Å². The number of benzene rings is 4. The molecule has 0 aliphatic carbocycles. The number of hydrogen-bond acceptors (Lipinski definition) is 3. The highest BCUT2D eigenvalue weighted by molar-refractivity contribution is 5.96. The van der Waals surface area contributed by atoms with Crippen molar-refractivity contribution in [3.8, 4) is 11.1 Å². The molecule has 0 atom stereocenters. The maximum Gasteiger partial charge on any atom is 0.336 e. The standard InChI is InChI=1S/C33H32N2O3/c1-22-9-12-28(23(2)18-22)20-34-32(36)27-15-16-31-26(19-27)6-5-17-35(31)21-24-10-13-25(14-11-24)29-7-3-4-8-30(29)33(37)38/h3-4,7-16,18-19H,5-6,17,20-21H2,1-2H3,(H,34,36)(H,37,38). The summed E-state index contributed by atoms with van der Waals surface area (Å²) in [7, 11) is 0. The second-order valence-corrected chi connectivity index (χ2v) is 10.0. The average Bonchev–Trinajstić information content (AvgIpc) is 2.92. The normalized spacial score (nSPS) is 12.6. The molecule has 0 saturated carbocycles. The number of carbonyl (C=O) groups is 2. The maximum absolute atomic E-state index is 12.9. The number of nitrogens with zero attached hydrogens (tertiary/aromatic N) is 1. The molecule has 192 valence electrons. The van der Waals surface area contributed by atoms with Gasteiger partial charge in [-0.1, -0.05) is 66.2 Å². The van der Waals surface area contributed by atoms with Crippen LogP contribution in [0.4, 0.5) is 5.69 Å². The molecule has 5 heteroatoms. The second kappa shape index (κ2) is 10.9. The number of nitrogens with one attached hydrogen (secondary N) is 1. The zero-order valence-corrected chi connectivity index (χ0v) is 21.8. The number of anilines is 1. The molecule has 1 aliphatic rings. The van der Waals surface area contributed by atoms with Gasteiger partial charge in [-0.2, -0.15) is 0 Å². The molecule has 0 unspecified atom stereocenters. The fraction of sp³-hybridized carbons (Fsp3) is 0.212. The predicted octanol–water partition coefficient (Wildman–Crippen LogP) is 6.55. The Kier molecular flexibility index (Phi) is 7.27. The number of carboxylic acids is 1. The van der Waals surface area contributed by atoms with E-state index in [1.165, 1.54) is 22.4 Å². The van der Waals surface area contributed by atoms with Gasteiger partial charge in [0.15, 0.2) is 0 Å². The minimum absolute atomic E-state index is 0.0536. The minimum Gasteiger partial charge on any atom is -0.478 e. The van der Waals surface area contributed by atoms with Gasteiger partial charge in [-0.25, -0.2) is 4.79 Å². The highest BCUT2D eigenvalue weighted by atomic mass is 16.4. The van der Waals surface area contributed by atoms with E-state index in [0.29, 0.717) is 17.7 Å². The molecule has 2 N–H and O–H groups in total. The molecular formula is C33H32N2O3. The molecule has 0 saturated heterocycles. The maximum atomic E-state index is 12.9. The van der Waals surface area contributed by atoms with Crippen LogP contribution in [0.2, 0.25) is 0 Å². The van der Waals surface area contributed by atoms with Crippen LogP contribution in [0.15, 0.2) is 84.9 Å². The predicted molar refractivity (Wildman–Crippen MR) is 152 cm³/mol. The summed E-state index contributed by atoms with van der Waals surface area (Å²) in [4.78, 5) is 26.9. The van der Waals surface area contributed by atoms with Crippen LogP contribution in [0.1, 0.15) is 55.0 Å². The van der Waals surface area contributed by atoms with Crippen molar-refractivity contribution in [3.05, 3.63) is 124 Å². The van der Waals surface area contributed by atoms with Gasteiger partial charge in [-0.3, -0.25) is 4.79 Å². The molecule has 4 aromatic rings. The fourth-order valence-corrected chi connectivity index (χ4v) is 5.23. The summed E-state index contributed by atoms with van der Waals surface area (Å²) in [5, 5.41) is 12.6. The zero-order chi connectivity index (χ0) is 26.6. The Balaban J connectivity index is 1.28. The van der Waals surface area contributed by atoms with E-state index in [4.69, 9.17) is 0 Å². The largest absolute Gasteiger partial charge is 0.478 e. The third-order valence-corrected chi connectivity index (χ3v) is 7.29. The number of fused-ring (bicyclic) bond motifs is 1. The van der Waals surface area contributed by atoms with Crippen molar-refractivity contribution in [2.75, 3.05) is 11.4 Å². The third kappa shape index (κ3) is 5.47. The van der Waals surface area contributed by atoms with E-state index in [1.54, 1.807) is 12.1 Å². The molecule has 0 spiro atoms. The van der Waals surface area contributed by atoms with Crippen LogP contribution in [0, 0.1) is 13.8 Å². The molecule has 0 fully saturated rings. The van der Waals surface area contributed by atoms with Crippen molar-refractivity contribution >= 4 is 17.6 Å². The number of carboxylic acid groups (broad SMARTS) is 1. The lowest BCUT2D eigenvalue weighted by Crippen LogP contribution is -2.29. The van der Waals surface area contributed by atoms with Crippen molar-refractivity contribution in [3.63, 3.8) is 0 Å². The van der Waals surface area contributed by atoms with Crippen molar-refractivity contribution < 1.29 is 14.7 Å². The number of aryl methyl sites for hydroxylation is 3. The molecule has 1 aliphatic heterocycles. The van der Waals surface area contributed by atoms with Crippen LogP contribution in [-0.2, 0) is 19.5 Å². The van der Waals surface area contributed by atoms with E-state index < -0.39 is 5.97 Å². The highest BCUT2D eigenvalue weighted by Gasteiger charge is 2.19. The number of aromatic carboxylic acids is 1. The summed E-state index contributed by atoms with van der Waals surface area (Å²) in [6.07, 6.45) is 1.99. The molecule has 5 nitrogen and oxygen atoms in total. The Morgan fingerprint density at radius 3 is 2.47 bits per heavy atom. The van der Waals surface area contributed by atoms with Crippen molar-refractivity contribution in [1.29, 1.82) is 0 Å². The average molecular weight is 505 g/mol. The molecule has 0 aromatic heterocycles. The van der Waals surface area contributed by atoms with Gasteiger partial charge in [0, 0.05) is 30.9 Å². The van der Waals surface area contributed by atoms with Gasteiger partial charge in [-0.15, -0.1) is 0 Å². The first kappa shape index (κ1) is 25.3. The monoisotopic (exact) mass is 504 g/mol. The van der Waals surface area contributed by atoms with Crippen LogP contribution in [-0.4, -0.2) is 23.5 Å². The topological polar surface area (TPSA) is 69.6 Å². The number of rotatable bonds is 7. The molecule has 0 bridgehead atoms. The summed E-state index contributed by atoms with van der Waals surface area (Å²) in [5.74, 6) is -0.977. The van der Waals surface area contributed by atoms with Gasteiger partial charge in [0.05, 0.1) is 5.56 Å². The van der Waals surface area contributed by atoms with Crippen molar-refractivity contribution in [2.24, 2.45) is 0 Å². The molecule has 5 rings (SSSR count). The zero-order valence-electron chi connectivity index (χ0n) is 21.8. The Morgan fingerprint density at radius 2 is 1.71 bits per heavy atom. The summed E-state index contributed by atoms with van der Waals surface area (Å²) in [5.41, 5.74) is 9.67. The quantitative estimate of drug-likeness (QED) is 0.299. The number of amides is 1. The van der Waals surface area contributed by atoms with Gasteiger partial charge >= 0.3 is 5.97 Å². The first-order valence-corrected chi connectivity index (χ1v) is 13.0. The smallest absolute Gasteiger partial charge is 0.336 e. The summed E-state index contributed by atoms with van der Waals surface area (Å²) < 4.78 is 0. The fourth-order valence-electron chi connectivity index (χ4n) is 5.23. The summed E-state index contributed by atoms with van der Waals surface area (Å²) >= 11 is 0. The SMILES string of the molecule is Cc1ccc(CNC(=O)c2ccc3c(c2)CCCN3Cc2ccc(-c3ccccc3C(=O)O)cc2)c(C)c1. The Morgan fingerprint density at radius 1 is 0.921 bits per heavy atom. The van der Waals surface area contributed by atoms with Crippen molar-refractivity contribution in [2.45, 2.75) is 39.8 Å². The van der Waals surface area contributed by atoms with Gasteiger partial charge in [-0.05, 0) is 84.3 Å². The highest BCUT2D eigenvalue weighted by Crippen LogP contribution is 2.30. The Bertz CT molecular complexity index is 1490.